The average Bonchev–Trinajstić information content (AvgIpc) is 2.99. The highest BCUT2D eigenvalue weighted by molar-refractivity contribution is 5.79. The minimum absolute atomic E-state index is 0.159. The van der Waals surface area contributed by atoms with E-state index in [9.17, 15) is 4.79 Å². The van der Waals surface area contributed by atoms with Crippen molar-refractivity contribution in [2.24, 2.45) is 0 Å². The summed E-state index contributed by atoms with van der Waals surface area (Å²) in [5, 5.41) is 0. The molecule has 2 aromatic rings. The quantitative estimate of drug-likeness (QED) is 0.865. The zero-order chi connectivity index (χ0) is 15.5. The minimum atomic E-state index is 0.159. The fraction of sp³-hybridized carbons (Fsp3) is 0.316. The topological polar surface area (TPSA) is 29.5 Å². The first kappa shape index (κ1) is 14.6. The van der Waals surface area contributed by atoms with Crippen LogP contribution in [-0.2, 0) is 17.6 Å². The summed E-state index contributed by atoms with van der Waals surface area (Å²) in [5.74, 6) is 0.973. The van der Waals surface area contributed by atoms with Crippen molar-refractivity contribution < 1.29 is 9.53 Å². The summed E-state index contributed by atoms with van der Waals surface area (Å²) in [6.45, 7) is 0. The molecule has 22 heavy (non-hydrogen) atoms. The molecule has 0 fully saturated rings. The molecule has 0 saturated heterocycles. The zero-order valence-electron chi connectivity index (χ0n) is 13.1. The van der Waals surface area contributed by atoms with E-state index < -0.39 is 0 Å². The standard InChI is InChI=1S/C19H21NO2/c1-20(18-12-9-15-5-3-4-6-17(15)18)19(21)13-14-7-10-16(22-2)11-8-14/h3-8,10-11,18H,9,12-13H2,1-2H3. The summed E-state index contributed by atoms with van der Waals surface area (Å²) < 4.78 is 5.15. The number of methoxy groups -OCH3 is 1. The third kappa shape index (κ3) is 2.84. The van der Waals surface area contributed by atoms with Gasteiger partial charge < -0.3 is 9.64 Å². The Morgan fingerprint density at radius 2 is 1.91 bits per heavy atom. The van der Waals surface area contributed by atoms with Crippen LogP contribution in [0.3, 0.4) is 0 Å². The maximum absolute atomic E-state index is 12.6. The third-order valence-corrected chi connectivity index (χ3v) is 4.48. The number of hydrogen-bond donors (Lipinski definition) is 0. The van der Waals surface area contributed by atoms with Gasteiger partial charge in [-0.3, -0.25) is 4.79 Å². The molecule has 3 heteroatoms. The Hall–Kier alpha value is -2.29. The van der Waals surface area contributed by atoms with Gasteiger partial charge in [0.2, 0.25) is 5.91 Å². The first-order valence-corrected chi connectivity index (χ1v) is 7.65. The fourth-order valence-electron chi connectivity index (χ4n) is 3.15. The predicted octanol–water partition coefficient (Wildman–Crippen LogP) is 3.38. The summed E-state index contributed by atoms with van der Waals surface area (Å²) in [7, 11) is 3.56. The molecule has 1 aliphatic rings. The van der Waals surface area contributed by atoms with Crippen molar-refractivity contribution in [2.75, 3.05) is 14.2 Å². The van der Waals surface area contributed by atoms with Crippen LogP contribution >= 0.6 is 0 Å². The largest absolute Gasteiger partial charge is 0.497 e. The molecule has 0 spiro atoms. The molecule has 3 nitrogen and oxygen atoms in total. The first-order valence-electron chi connectivity index (χ1n) is 7.65. The van der Waals surface area contributed by atoms with E-state index in [-0.39, 0.29) is 11.9 Å². The molecule has 2 aromatic carbocycles. The zero-order valence-corrected chi connectivity index (χ0v) is 13.1. The first-order chi connectivity index (χ1) is 10.7. The lowest BCUT2D eigenvalue weighted by molar-refractivity contribution is -0.131. The molecule has 0 radical (unpaired) electrons. The molecule has 1 unspecified atom stereocenters. The number of ether oxygens (including phenoxy) is 1. The third-order valence-electron chi connectivity index (χ3n) is 4.48. The van der Waals surface area contributed by atoms with Crippen molar-refractivity contribution in [1.29, 1.82) is 0 Å². The number of fused-ring (bicyclic) bond motifs is 1. The SMILES string of the molecule is COc1ccc(CC(=O)N(C)C2CCc3ccccc32)cc1. The number of likely N-dealkylation sites (N-methyl/N-ethyl adjacent to an activating group) is 1. The van der Waals surface area contributed by atoms with Crippen LogP contribution in [0.4, 0.5) is 0 Å². The Morgan fingerprint density at radius 1 is 1.18 bits per heavy atom. The lowest BCUT2D eigenvalue weighted by Crippen LogP contribution is -2.31. The van der Waals surface area contributed by atoms with Crippen LogP contribution in [0, 0.1) is 0 Å². The fourth-order valence-corrected chi connectivity index (χ4v) is 3.15. The smallest absolute Gasteiger partial charge is 0.227 e. The maximum Gasteiger partial charge on any atom is 0.227 e. The number of amides is 1. The summed E-state index contributed by atoms with van der Waals surface area (Å²) in [6, 6.07) is 16.3. The normalized spacial score (nSPS) is 16.2. The monoisotopic (exact) mass is 295 g/mol. The number of rotatable bonds is 4. The molecule has 0 aromatic heterocycles. The lowest BCUT2D eigenvalue weighted by Gasteiger charge is -2.25. The molecule has 0 heterocycles. The number of carbonyl (C=O) groups is 1. The summed E-state index contributed by atoms with van der Waals surface area (Å²) in [5.41, 5.74) is 3.69. The highest BCUT2D eigenvalue weighted by atomic mass is 16.5. The second kappa shape index (κ2) is 6.22. The van der Waals surface area contributed by atoms with E-state index in [1.807, 2.05) is 36.2 Å². The second-order valence-electron chi connectivity index (χ2n) is 5.78. The number of carbonyl (C=O) groups excluding carboxylic acids is 1. The van der Waals surface area contributed by atoms with E-state index in [0.29, 0.717) is 6.42 Å². The molecule has 1 aliphatic carbocycles. The number of aryl methyl sites for hydroxylation is 1. The van der Waals surface area contributed by atoms with Crippen molar-refractivity contribution in [3.63, 3.8) is 0 Å². The van der Waals surface area contributed by atoms with Gasteiger partial charge in [-0.2, -0.15) is 0 Å². The molecule has 0 bridgehead atoms. The van der Waals surface area contributed by atoms with Crippen molar-refractivity contribution in [2.45, 2.75) is 25.3 Å². The van der Waals surface area contributed by atoms with Gasteiger partial charge in [0.1, 0.15) is 5.75 Å². The van der Waals surface area contributed by atoms with Crippen LogP contribution in [-0.4, -0.2) is 25.0 Å². The van der Waals surface area contributed by atoms with Gasteiger partial charge in [0.15, 0.2) is 0 Å². The average molecular weight is 295 g/mol. The molecule has 1 amide bonds. The maximum atomic E-state index is 12.6. The van der Waals surface area contributed by atoms with E-state index in [0.717, 1.165) is 24.2 Å². The van der Waals surface area contributed by atoms with Crippen molar-refractivity contribution in [1.82, 2.24) is 4.90 Å². The van der Waals surface area contributed by atoms with Gasteiger partial charge in [0.25, 0.3) is 0 Å². The molecule has 0 N–H and O–H groups in total. The summed E-state index contributed by atoms with van der Waals surface area (Å²) in [6.07, 6.45) is 2.50. The lowest BCUT2D eigenvalue weighted by atomic mass is 10.1. The van der Waals surface area contributed by atoms with Crippen molar-refractivity contribution in [3.8, 4) is 5.75 Å². The van der Waals surface area contributed by atoms with Gasteiger partial charge in [0, 0.05) is 7.05 Å². The summed E-state index contributed by atoms with van der Waals surface area (Å²) in [4.78, 5) is 14.5. The second-order valence-corrected chi connectivity index (χ2v) is 5.78. The van der Waals surface area contributed by atoms with Crippen LogP contribution in [0.2, 0.25) is 0 Å². The molecule has 3 rings (SSSR count). The van der Waals surface area contributed by atoms with Gasteiger partial charge in [-0.1, -0.05) is 36.4 Å². The highest BCUT2D eigenvalue weighted by Crippen LogP contribution is 2.35. The predicted molar refractivity (Wildman–Crippen MR) is 87.0 cm³/mol. The van der Waals surface area contributed by atoms with Crippen LogP contribution in [0.15, 0.2) is 48.5 Å². The molecule has 114 valence electrons. The minimum Gasteiger partial charge on any atom is -0.497 e. The van der Waals surface area contributed by atoms with Crippen molar-refractivity contribution >= 4 is 5.91 Å². The number of benzene rings is 2. The van der Waals surface area contributed by atoms with Crippen LogP contribution < -0.4 is 4.74 Å². The highest BCUT2D eigenvalue weighted by Gasteiger charge is 2.28. The van der Waals surface area contributed by atoms with Gasteiger partial charge >= 0.3 is 0 Å². The number of hydrogen-bond acceptors (Lipinski definition) is 2. The number of nitrogens with zero attached hydrogens (tertiary/aromatic N) is 1. The molecular weight excluding hydrogens is 274 g/mol. The van der Waals surface area contributed by atoms with Crippen LogP contribution in [0.5, 0.6) is 5.75 Å². The Labute approximate surface area is 131 Å². The van der Waals surface area contributed by atoms with E-state index >= 15 is 0 Å². The summed E-state index contributed by atoms with van der Waals surface area (Å²) >= 11 is 0. The van der Waals surface area contributed by atoms with E-state index in [1.165, 1.54) is 11.1 Å². The van der Waals surface area contributed by atoms with Crippen LogP contribution in [0.1, 0.15) is 29.2 Å². The van der Waals surface area contributed by atoms with E-state index in [1.54, 1.807) is 7.11 Å². The van der Waals surface area contributed by atoms with Crippen LogP contribution in [0.25, 0.3) is 0 Å². The Morgan fingerprint density at radius 3 is 2.64 bits per heavy atom. The molecular formula is C19H21NO2. The Kier molecular flexibility index (Phi) is 4.14. The van der Waals surface area contributed by atoms with Gasteiger partial charge in [-0.15, -0.1) is 0 Å². The van der Waals surface area contributed by atoms with E-state index in [2.05, 4.69) is 24.3 Å². The Balaban J connectivity index is 1.70. The van der Waals surface area contributed by atoms with Gasteiger partial charge in [-0.05, 0) is 41.7 Å². The van der Waals surface area contributed by atoms with Gasteiger partial charge in [-0.25, -0.2) is 0 Å². The van der Waals surface area contributed by atoms with E-state index in [4.69, 9.17) is 4.74 Å². The Bertz CT molecular complexity index is 663. The van der Waals surface area contributed by atoms with Crippen molar-refractivity contribution in [3.05, 3.63) is 65.2 Å². The molecule has 1 atom stereocenters. The molecule has 0 aliphatic heterocycles. The van der Waals surface area contributed by atoms with Gasteiger partial charge in [0.05, 0.1) is 19.6 Å². The molecule has 0 saturated carbocycles.